The molecular weight excluding hydrogens is 290 g/mol. The molecule has 1 aromatic rings. The van der Waals surface area contributed by atoms with E-state index < -0.39 is 20.5 Å². The van der Waals surface area contributed by atoms with Crippen LogP contribution in [0.5, 0.6) is 0 Å². The lowest BCUT2D eigenvalue weighted by molar-refractivity contribution is 0.181. The molecule has 0 heterocycles. The van der Waals surface area contributed by atoms with Crippen LogP contribution in [0, 0.1) is 0 Å². The molecule has 0 aliphatic heterocycles. The number of hydrogen-bond acceptors (Lipinski definition) is 5. The summed E-state index contributed by atoms with van der Waals surface area (Å²) < 4.78 is 53.5. The monoisotopic (exact) mass is 308 g/mol. The highest BCUT2D eigenvalue weighted by atomic mass is 32.2. The Kier molecular flexibility index (Phi) is 5.85. The van der Waals surface area contributed by atoms with Crippen molar-refractivity contribution in [2.75, 3.05) is 32.2 Å². The lowest BCUT2D eigenvalue weighted by Crippen LogP contribution is -2.39. The molecule has 0 amide bonds. The number of para-hydroxylation sites is 1. The average molecular weight is 308 g/mol. The van der Waals surface area contributed by atoms with Crippen LogP contribution < -0.4 is 10.6 Å². The van der Waals surface area contributed by atoms with Gasteiger partial charge in [0.25, 0.3) is 0 Å². The third kappa shape index (κ3) is 3.87. The van der Waals surface area contributed by atoms with Crippen LogP contribution >= 0.6 is 0 Å². The van der Waals surface area contributed by atoms with Gasteiger partial charge in [-0.25, -0.2) is 8.42 Å². The fourth-order valence-corrected chi connectivity index (χ4v) is 2.80. The molecule has 2 N–H and O–H groups in total. The number of ether oxygens (including phenoxy) is 1. The second-order valence-corrected chi connectivity index (χ2v) is 6.26. The maximum absolute atomic E-state index is 12.7. The van der Waals surface area contributed by atoms with E-state index in [-0.39, 0.29) is 24.9 Å². The summed E-state index contributed by atoms with van der Waals surface area (Å²) in [5.41, 5.74) is 5.97. The highest BCUT2D eigenvalue weighted by Crippen LogP contribution is 2.28. The second-order valence-electron chi connectivity index (χ2n) is 4.37. The van der Waals surface area contributed by atoms with Gasteiger partial charge in [0, 0.05) is 26.7 Å². The van der Waals surface area contributed by atoms with Gasteiger partial charge in [0.05, 0.1) is 17.2 Å². The van der Waals surface area contributed by atoms with Crippen molar-refractivity contribution in [3.63, 3.8) is 0 Å². The van der Waals surface area contributed by atoms with E-state index in [0.29, 0.717) is 0 Å². The molecule has 0 radical (unpaired) electrons. The number of nitrogens with two attached hydrogens (primary N) is 1. The summed E-state index contributed by atoms with van der Waals surface area (Å²) in [7, 11) is -1.56. The summed E-state index contributed by atoms with van der Waals surface area (Å²) in [6.45, 7) is 0.567. The second kappa shape index (κ2) is 6.96. The minimum absolute atomic E-state index is 0.194. The number of anilines is 1. The van der Waals surface area contributed by atoms with E-state index in [2.05, 4.69) is 0 Å². The van der Waals surface area contributed by atoms with Crippen molar-refractivity contribution < 1.29 is 21.9 Å². The number of benzene rings is 1. The van der Waals surface area contributed by atoms with E-state index in [1.807, 2.05) is 0 Å². The Bertz CT molecular complexity index is 537. The molecule has 20 heavy (non-hydrogen) atoms. The Balaban J connectivity index is 3.08. The molecule has 1 aromatic carbocycles. The summed E-state index contributed by atoms with van der Waals surface area (Å²) in [5, 5.41) is 0. The maximum atomic E-state index is 12.7. The molecule has 0 spiro atoms. The van der Waals surface area contributed by atoms with Gasteiger partial charge in [0.2, 0.25) is 9.84 Å². The fourth-order valence-electron chi connectivity index (χ4n) is 1.83. The smallest absolute Gasteiger partial charge is 0.341 e. The van der Waals surface area contributed by atoms with Crippen molar-refractivity contribution in [1.29, 1.82) is 0 Å². The van der Waals surface area contributed by atoms with E-state index in [0.717, 1.165) is 6.07 Å². The van der Waals surface area contributed by atoms with Crippen molar-refractivity contribution in [3.05, 3.63) is 24.3 Å². The largest absolute Gasteiger partial charge is 0.383 e. The first-order valence-electron chi connectivity index (χ1n) is 5.87. The first kappa shape index (κ1) is 16.8. The molecular formula is C12H18F2N2O3S. The molecule has 1 rings (SSSR count). The van der Waals surface area contributed by atoms with E-state index in [1.54, 1.807) is 13.1 Å². The minimum atomic E-state index is -4.65. The number of nitrogens with zero attached hydrogens (tertiary/aromatic N) is 1. The molecule has 114 valence electrons. The first-order chi connectivity index (χ1) is 9.30. The van der Waals surface area contributed by atoms with Crippen LogP contribution in [-0.4, -0.2) is 47.5 Å². The van der Waals surface area contributed by atoms with Gasteiger partial charge in [0.1, 0.15) is 0 Å². The van der Waals surface area contributed by atoms with Gasteiger partial charge in [0.15, 0.2) is 0 Å². The zero-order valence-electron chi connectivity index (χ0n) is 11.3. The zero-order valence-corrected chi connectivity index (χ0v) is 12.1. The van der Waals surface area contributed by atoms with Crippen LogP contribution in [0.25, 0.3) is 0 Å². The Morgan fingerprint density at radius 3 is 2.50 bits per heavy atom. The third-order valence-electron chi connectivity index (χ3n) is 2.71. The molecule has 0 aliphatic carbocycles. The number of methoxy groups -OCH3 is 1. The van der Waals surface area contributed by atoms with Crippen molar-refractivity contribution >= 4 is 15.5 Å². The number of likely N-dealkylation sites (N-methyl/N-ethyl adjacent to an activating group) is 1. The number of rotatable bonds is 7. The SMILES string of the molecule is COCC(N)CN(C)c1ccccc1S(=O)(=O)C(F)F. The van der Waals surface area contributed by atoms with Gasteiger partial charge < -0.3 is 15.4 Å². The Morgan fingerprint density at radius 2 is 1.95 bits per heavy atom. The number of alkyl halides is 2. The number of hydrogen-bond donors (Lipinski definition) is 1. The lowest BCUT2D eigenvalue weighted by atomic mass is 10.2. The van der Waals surface area contributed by atoms with E-state index in [1.165, 1.54) is 24.1 Å². The van der Waals surface area contributed by atoms with Gasteiger partial charge in [-0.15, -0.1) is 0 Å². The van der Waals surface area contributed by atoms with E-state index in [9.17, 15) is 17.2 Å². The van der Waals surface area contributed by atoms with Crippen LogP contribution in [-0.2, 0) is 14.6 Å². The first-order valence-corrected chi connectivity index (χ1v) is 7.42. The molecule has 0 aliphatic rings. The van der Waals surface area contributed by atoms with Crippen molar-refractivity contribution in [2.24, 2.45) is 5.73 Å². The molecule has 0 fully saturated rings. The molecule has 0 bridgehead atoms. The minimum Gasteiger partial charge on any atom is -0.383 e. The quantitative estimate of drug-likeness (QED) is 0.816. The molecule has 8 heteroatoms. The normalized spacial score (nSPS) is 13.5. The van der Waals surface area contributed by atoms with Crippen LogP contribution in [0.3, 0.4) is 0 Å². The topological polar surface area (TPSA) is 72.6 Å². The standard InChI is InChI=1S/C12H18F2N2O3S/c1-16(7-9(15)8-19-2)10-5-3-4-6-11(10)20(17,18)12(13)14/h3-6,9,12H,7-8,15H2,1-2H3. The van der Waals surface area contributed by atoms with Crippen molar-refractivity contribution in [2.45, 2.75) is 16.7 Å². The number of halogens is 2. The Hall–Kier alpha value is -1.25. The summed E-state index contributed by atoms with van der Waals surface area (Å²) in [6, 6.07) is 5.26. The predicted octanol–water partition coefficient (Wildman–Crippen LogP) is 1.09. The van der Waals surface area contributed by atoms with Gasteiger partial charge in [-0.05, 0) is 12.1 Å². The molecule has 1 unspecified atom stereocenters. The van der Waals surface area contributed by atoms with Crippen LogP contribution in [0.4, 0.5) is 14.5 Å². The van der Waals surface area contributed by atoms with E-state index >= 15 is 0 Å². The maximum Gasteiger partial charge on any atom is 0.341 e. The van der Waals surface area contributed by atoms with Crippen LogP contribution in [0.2, 0.25) is 0 Å². The third-order valence-corrected chi connectivity index (χ3v) is 4.13. The molecule has 0 saturated carbocycles. The molecule has 0 aromatic heterocycles. The summed E-state index contributed by atoms with van der Waals surface area (Å²) in [4.78, 5) is 1.13. The predicted molar refractivity (Wildman–Crippen MR) is 72.8 cm³/mol. The molecule has 0 saturated heterocycles. The van der Waals surface area contributed by atoms with Gasteiger partial charge >= 0.3 is 5.76 Å². The summed E-state index contributed by atoms with van der Waals surface area (Å²) in [6.07, 6.45) is 0. The fraction of sp³-hybridized carbons (Fsp3) is 0.500. The van der Waals surface area contributed by atoms with Crippen molar-refractivity contribution in [3.8, 4) is 0 Å². The lowest BCUT2D eigenvalue weighted by Gasteiger charge is -2.25. The number of sulfone groups is 1. The van der Waals surface area contributed by atoms with Gasteiger partial charge in [-0.2, -0.15) is 8.78 Å². The Labute approximate surface area is 117 Å². The molecule has 1 atom stereocenters. The van der Waals surface area contributed by atoms with Gasteiger partial charge in [-0.1, -0.05) is 12.1 Å². The Morgan fingerprint density at radius 1 is 1.35 bits per heavy atom. The molecule has 5 nitrogen and oxygen atoms in total. The highest BCUT2D eigenvalue weighted by Gasteiger charge is 2.30. The zero-order chi connectivity index (χ0) is 15.3. The summed E-state index contributed by atoms with van der Waals surface area (Å²) >= 11 is 0. The van der Waals surface area contributed by atoms with Crippen LogP contribution in [0.15, 0.2) is 29.2 Å². The van der Waals surface area contributed by atoms with Crippen molar-refractivity contribution in [1.82, 2.24) is 0 Å². The average Bonchev–Trinajstić information content (AvgIpc) is 2.38. The van der Waals surface area contributed by atoms with Gasteiger partial charge in [-0.3, -0.25) is 0 Å². The van der Waals surface area contributed by atoms with E-state index in [4.69, 9.17) is 10.5 Å². The van der Waals surface area contributed by atoms with Crippen LogP contribution in [0.1, 0.15) is 0 Å². The highest BCUT2D eigenvalue weighted by molar-refractivity contribution is 7.91. The summed E-state index contributed by atoms with van der Waals surface area (Å²) in [5.74, 6) is -3.45.